The van der Waals surface area contributed by atoms with Gasteiger partial charge in [0.05, 0.1) is 35.2 Å². The molecule has 1 aromatic carbocycles. The predicted octanol–water partition coefficient (Wildman–Crippen LogP) is 4.37. The number of halogens is 1. The van der Waals surface area contributed by atoms with Crippen LogP contribution in [-0.4, -0.2) is 70.2 Å². The molecule has 0 unspecified atom stereocenters. The van der Waals surface area contributed by atoms with Crippen LogP contribution in [0.1, 0.15) is 65.5 Å². The van der Waals surface area contributed by atoms with E-state index in [1.54, 1.807) is 30.3 Å². The van der Waals surface area contributed by atoms with Crippen molar-refractivity contribution in [1.82, 2.24) is 14.8 Å². The number of amides is 3. The average Bonchev–Trinajstić information content (AvgIpc) is 3.34. The van der Waals surface area contributed by atoms with Gasteiger partial charge in [-0.3, -0.25) is 19.5 Å². The van der Waals surface area contributed by atoms with Gasteiger partial charge in [-0.25, -0.2) is 9.78 Å². The van der Waals surface area contributed by atoms with E-state index in [0.29, 0.717) is 55.0 Å². The van der Waals surface area contributed by atoms with Gasteiger partial charge in [0.15, 0.2) is 0 Å². The van der Waals surface area contributed by atoms with E-state index in [0.717, 1.165) is 20.4 Å². The summed E-state index contributed by atoms with van der Waals surface area (Å²) in [5, 5.41) is 0. The van der Waals surface area contributed by atoms with E-state index in [1.807, 2.05) is 26.8 Å². The molecule has 5 rings (SSSR count). The van der Waals surface area contributed by atoms with E-state index in [2.05, 4.69) is 27.6 Å². The number of pyridine rings is 1. The summed E-state index contributed by atoms with van der Waals surface area (Å²) >= 11 is 2.23. The number of likely N-dealkylation sites (tertiary alicyclic amines) is 1. The highest BCUT2D eigenvalue weighted by Crippen LogP contribution is 2.38. The monoisotopic (exact) mass is 602 g/mol. The first kappa shape index (κ1) is 24.7. The third-order valence-electron chi connectivity index (χ3n) is 6.56. The second kappa shape index (κ2) is 9.13. The van der Waals surface area contributed by atoms with Crippen LogP contribution in [0, 0.1) is 3.57 Å². The topological polar surface area (TPSA) is 101 Å². The molecule has 1 saturated heterocycles. The maximum atomic E-state index is 13.3. The zero-order chi connectivity index (χ0) is 25.8. The Bertz CT molecular complexity index is 1310. The Hall–Kier alpha value is -3.02. The lowest BCUT2D eigenvalue weighted by atomic mass is 10.0. The number of benzene rings is 1. The molecule has 2 aromatic rings. The normalized spacial score (nSPS) is 17.8. The standard InChI is InChI=1S/C26H27IN4O5/c1-26(2,3)36-25(34)30-9-6-15(7-10-30)31-23(32)16-11-14-12-20(29-19(14)13-17(16)24(31)33)21-18(27)5-8-28-22(21)35-4/h5,8,11,13,15H,6-7,9-10,12H2,1-4H3. The number of nitrogens with zero attached hydrogens (tertiary/aromatic N) is 4. The molecule has 3 aliphatic heterocycles. The van der Waals surface area contributed by atoms with Gasteiger partial charge in [-0.15, -0.1) is 0 Å². The Kier molecular flexibility index (Phi) is 6.26. The van der Waals surface area contributed by atoms with Gasteiger partial charge in [-0.1, -0.05) is 0 Å². The van der Waals surface area contributed by atoms with Gasteiger partial charge in [-0.2, -0.15) is 0 Å². The molecule has 0 N–H and O–H groups in total. The van der Waals surface area contributed by atoms with Crippen molar-refractivity contribution in [2.24, 2.45) is 4.99 Å². The van der Waals surface area contributed by atoms with E-state index >= 15 is 0 Å². The zero-order valence-electron chi connectivity index (χ0n) is 20.6. The Morgan fingerprint density at radius 3 is 2.42 bits per heavy atom. The lowest BCUT2D eigenvalue weighted by Gasteiger charge is -2.36. The van der Waals surface area contributed by atoms with Gasteiger partial charge in [0, 0.05) is 35.3 Å². The fraction of sp³-hybridized carbons (Fsp3) is 0.423. The molecule has 3 aliphatic rings. The van der Waals surface area contributed by atoms with Crippen LogP contribution in [0.25, 0.3) is 0 Å². The van der Waals surface area contributed by atoms with Gasteiger partial charge >= 0.3 is 6.09 Å². The summed E-state index contributed by atoms with van der Waals surface area (Å²) in [6, 6.07) is 5.16. The second-order valence-electron chi connectivity index (χ2n) is 10.1. The van der Waals surface area contributed by atoms with Gasteiger partial charge in [0.2, 0.25) is 5.88 Å². The summed E-state index contributed by atoms with van der Waals surface area (Å²) in [7, 11) is 1.57. The molecule has 0 aliphatic carbocycles. The van der Waals surface area contributed by atoms with Crippen molar-refractivity contribution in [2.45, 2.75) is 51.7 Å². The Morgan fingerprint density at radius 1 is 1.11 bits per heavy atom. The predicted molar refractivity (Wildman–Crippen MR) is 141 cm³/mol. The Morgan fingerprint density at radius 2 is 1.78 bits per heavy atom. The van der Waals surface area contributed by atoms with E-state index in [9.17, 15) is 14.4 Å². The molecule has 0 saturated carbocycles. The van der Waals surface area contributed by atoms with Crippen molar-refractivity contribution in [3.8, 4) is 5.88 Å². The lowest BCUT2D eigenvalue weighted by Crippen LogP contribution is -2.49. The number of ether oxygens (including phenoxy) is 2. The van der Waals surface area contributed by atoms with Crippen LogP contribution in [0.3, 0.4) is 0 Å². The van der Waals surface area contributed by atoms with Crippen molar-refractivity contribution in [3.63, 3.8) is 0 Å². The molecule has 4 heterocycles. The summed E-state index contributed by atoms with van der Waals surface area (Å²) in [4.78, 5) is 51.1. The maximum Gasteiger partial charge on any atom is 0.410 e. The van der Waals surface area contributed by atoms with E-state index in [-0.39, 0.29) is 23.9 Å². The smallest absolute Gasteiger partial charge is 0.410 e. The Balaban J connectivity index is 1.34. The first-order valence-electron chi connectivity index (χ1n) is 11.9. The van der Waals surface area contributed by atoms with Crippen molar-refractivity contribution in [2.75, 3.05) is 20.2 Å². The van der Waals surface area contributed by atoms with Crippen LogP contribution >= 0.6 is 22.6 Å². The molecule has 0 radical (unpaired) electrons. The number of carbonyl (C=O) groups excluding carboxylic acids is 3. The molecule has 1 fully saturated rings. The summed E-state index contributed by atoms with van der Waals surface area (Å²) in [5.74, 6) is -0.0849. The van der Waals surface area contributed by atoms with Gasteiger partial charge in [0.25, 0.3) is 11.8 Å². The first-order valence-corrected chi connectivity index (χ1v) is 12.9. The van der Waals surface area contributed by atoms with Crippen molar-refractivity contribution >= 4 is 51.9 Å². The largest absolute Gasteiger partial charge is 0.480 e. The van der Waals surface area contributed by atoms with Gasteiger partial charge < -0.3 is 14.4 Å². The molecule has 10 heteroatoms. The fourth-order valence-corrected chi connectivity index (χ4v) is 5.60. The molecule has 36 heavy (non-hydrogen) atoms. The summed E-state index contributed by atoms with van der Waals surface area (Å²) in [6.07, 6.45) is 2.88. The number of carbonyl (C=O) groups is 3. The van der Waals surface area contributed by atoms with E-state index < -0.39 is 5.60 Å². The number of methoxy groups -OCH3 is 1. The third-order valence-corrected chi connectivity index (χ3v) is 7.46. The van der Waals surface area contributed by atoms with Crippen LogP contribution in [0.15, 0.2) is 29.4 Å². The molecule has 0 atom stereocenters. The number of aliphatic imine (C=N–C) groups is 1. The van der Waals surface area contributed by atoms with Crippen LogP contribution in [0.2, 0.25) is 0 Å². The highest BCUT2D eigenvalue weighted by atomic mass is 127. The molecule has 3 amide bonds. The Labute approximate surface area is 223 Å². The van der Waals surface area contributed by atoms with Gasteiger partial charge in [-0.05, 0) is 80.0 Å². The summed E-state index contributed by atoms with van der Waals surface area (Å²) < 4.78 is 11.9. The van der Waals surface area contributed by atoms with Crippen LogP contribution in [-0.2, 0) is 11.2 Å². The number of hydrogen-bond acceptors (Lipinski definition) is 7. The molecule has 0 bridgehead atoms. The molecular formula is C26H27IN4O5. The summed E-state index contributed by atoms with van der Waals surface area (Å²) in [6.45, 7) is 6.35. The number of hydrogen-bond donors (Lipinski definition) is 0. The van der Waals surface area contributed by atoms with Crippen LogP contribution in [0.4, 0.5) is 10.5 Å². The molecule has 1 aromatic heterocycles. The van der Waals surface area contributed by atoms with Crippen molar-refractivity contribution < 1.29 is 23.9 Å². The van der Waals surface area contributed by atoms with Crippen molar-refractivity contribution in [3.05, 3.63) is 50.2 Å². The zero-order valence-corrected chi connectivity index (χ0v) is 22.8. The van der Waals surface area contributed by atoms with E-state index in [1.165, 1.54) is 4.90 Å². The quantitative estimate of drug-likeness (QED) is 0.382. The first-order chi connectivity index (χ1) is 17.1. The minimum Gasteiger partial charge on any atom is -0.480 e. The molecular weight excluding hydrogens is 575 g/mol. The number of fused-ring (bicyclic) bond motifs is 2. The fourth-order valence-electron chi connectivity index (χ4n) is 4.90. The minimum absolute atomic E-state index is 0.258. The third kappa shape index (κ3) is 4.35. The SMILES string of the molecule is COc1nccc(I)c1C1=Nc2cc3c(cc2C1)C(=O)N(C1CCN(C(=O)OC(C)(C)C)CC1)C3=O. The van der Waals surface area contributed by atoms with Gasteiger partial charge in [0.1, 0.15) is 5.60 Å². The number of aromatic nitrogens is 1. The highest BCUT2D eigenvalue weighted by Gasteiger charge is 2.42. The average molecular weight is 602 g/mol. The molecule has 0 spiro atoms. The minimum atomic E-state index is -0.570. The molecule has 9 nitrogen and oxygen atoms in total. The van der Waals surface area contributed by atoms with Crippen LogP contribution in [0.5, 0.6) is 5.88 Å². The van der Waals surface area contributed by atoms with Crippen LogP contribution < -0.4 is 4.74 Å². The summed E-state index contributed by atoms with van der Waals surface area (Å²) in [5.41, 5.74) is 3.44. The number of imide groups is 1. The molecule has 188 valence electrons. The maximum absolute atomic E-state index is 13.3. The highest BCUT2D eigenvalue weighted by molar-refractivity contribution is 14.1. The lowest BCUT2D eigenvalue weighted by molar-refractivity contribution is 0.0156. The number of piperidine rings is 1. The second-order valence-corrected chi connectivity index (χ2v) is 11.3. The van der Waals surface area contributed by atoms with E-state index in [4.69, 9.17) is 14.5 Å². The number of rotatable bonds is 3. The van der Waals surface area contributed by atoms with Crippen molar-refractivity contribution in [1.29, 1.82) is 0 Å².